The van der Waals surface area contributed by atoms with E-state index in [1.165, 1.54) is 0 Å². The topological polar surface area (TPSA) is 125 Å². The number of nitriles is 1. The van der Waals surface area contributed by atoms with Crippen LogP contribution in [0.25, 0.3) is 0 Å². The van der Waals surface area contributed by atoms with Gasteiger partial charge < -0.3 is 14.9 Å². The number of aliphatic carboxylic acids is 2. The molecule has 1 saturated carbocycles. The van der Waals surface area contributed by atoms with Crippen molar-refractivity contribution in [1.82, 2.24) is 0 Å². The van der Waals surface area contributed by atoms with Gasteiger partial charge in [0.2, 0.25) is 0 Å². The Balaban J connectivity index is 2.00. The normalized spacial score (nSPS) is 21.5. The van der Waals surface area contributed by atoms with Crippen molar-refractivity contribution in [2.24, 2.45) is 16.7 Å². The zero-order valence-corrected chi connectivity index (χ0v) is 16.8. The van der Waals surface area contributed by atoms with Crippen LogP contribution in [0.2, 0.25) is 0 Å². The number of ketones is 1. The number of carboxylic acid groups (broad SMARTS) is 2. The van der Waals surface area contributed by atoms with E-state index in [-0.39, 0.29) is 0 Å². The number of hydrogen-bond acceptors (Lipinski definition) is 5. The average molecular weight is 417 g/mol. The maximum atomic E-state index is 12.4. The molecule has 2 aromatic carbocycles. The number of rotatable bonds is 6. The highest BCUT2D eigenvalue weighted by Gasteiger charge is 2.79. The Bertz CT molecular complexity index is 1150. The van der Waals surface area contributed by atoms with Gasteiger partial charge in [-0.25, -0.2) is 4.79 Å². The molecule has 1 aliphatic rings. The van der Waals surface area contributed by atoms with Gasteiger partial charge in [0.25, 0.3) is 0 Å². The van der Waals surface area contributed by atoms with Gasteiger partial charge in [0.15, 0.2) is 0 Å². The third-order valence-corrected chi connectivity index (χ3v) is 5.79. The fraction of sp³-hybridized carbons (Fsp3) is 0.250. The second-order valence-electron chi connectivity index (χ2n) is 7.78. The molecular formula is C24H19NO6. The van der Waals surface area contributed by atoms with Crippen molar-refractivity contribution in [3.05, 3.63) is 60.2 Å². The molecule has 2 N–H and O–H groups in total. The summed E-state index contributed by atoms with van der Waals surface area (Å²) in [6, 6.07) is 17.7. The largest absolute Gasteiger partial charge is 0.481 e. The standard InChI is InChI=1S/C24H19NO6/c1-23(2)20(12-11-19(26)21(27)28)24(23,22(29)30)18(14-25)15-7-6-10-17(13-15)31-16-8-4-3-5-9-16/h3-10,13,18,20H,1-2H3,(H,27,28)(H,29,30)/t18-,20+,24-/m1/s1. The third kappa shape index (κ3) is 3.62. The van der Waals surface area contributed by atoms with Gasteiger partial charge in [0.05, 0.1) is 12.0 Å². The van der Waals surface area contributed by atoms with Crippen molar-refractivity contribution in [3.8, 4) is 29.4 Å². The van der Waals surface area contributed by atoms with Gasteiger partial charge in [-0.3, -0.25) is 9.59 Å². The Morgan fingerprint density at radius 2 is 1.68 bits per heavy atom. The number of carbonyl (C=O) groups is 3. The second-order valence-corrected chi connectivity index (χ2v) is 7.78. The highest BCUT2D eigenvalue weighted by molar-refractivity contribution is 6.40. The zero-order valence-electron chi connectivity index (χ0n) is 16.8. The van der Waals surface area contributed by atoms with Gasteiger partial charge >= 0.3 is 17.7 Å². The summed E-state index contributed by atoms with van der Waals surface area (Å²) in [5.41, 5.74) is -2.15. The molecule has 0 spiro atoms. The molecule has 0 unspecified atom stereocenters. The summed E-state index contributed by atoms with van der Waals surface area (Å²) in [5.74, 6) is -0.741. The molecule has 1 aliphatic carbocycles. The van der Waals surface area contributed by atoms with Crippen LogP contribution in [0.3, 0.4) is 0 Å². The number of carboxylic acids is 2. The lowest BCUT2D eigenvalue weighted by Gasteiger charge is -2.22. The van der Waals surface area contributed by atoms with Crippen molar-refractivity contribution in [3.63, 3.8) is 0 Å². The molecule has 0 aliphatic heterocycles. The van der Waals surface area contributed by atoms with Crippen molar-refractivity contribution in [2.75, 3.05) is 0 Å². The van der Waals surface area contributed by atoms with Crippen LogP contribution in [0.4, 0.5) is 0 Å². The first-order valence-electron chi connectivity index (χ1n) is 9.41. The van der Waals surface area contributed by atoms with Crippen molar-refractivity contribution in [1.29, 1.82) is 5.26 Å². The van der Waals surface area contributed by atoms with Gasteiger partial charge in [-0.2, -0.15) is 5.26 Å². The van der Waals surface area contributed by atoms with E-state index in [9.17, 15) is 24.8 Å². The highest BCUT2D eigenvalue weighted by atomic mass is 16.5. The van der Waals surface area contributed by atoms with Gasteiger partial charge in [-0.1, -0.05) is 50.1 Å². The SMILES string of the molecule is CC1(C)[C@H](C#CC(=O)C(=O)O)[C@@]1(C(=O)O)[C@H](C#N)c1cccc(Oc2ccccc2)c1. The van der Waals surface area contributed by atoms with Crippen LogP contribution in [0.1, 0.15) is 25.3 Å². The molecule has 0 radical (unpaired) electrons. The summed E-state index contributed by atoms with van der Waals surface area (Å²) in [7, 11) is 0. The Morgan fingerprint density at radius 3 is 2.26 bits per heavy atom. The Hall–Kier alpha value is -4.10. The zero-order chi connectivity index (χ0) is 22.8. The third-order valence-electron chi connectivity index (χ3n) is 5.79. The fourth-order valence-corrected chi connectivity index (χ4v) is 4.16. The van der Waals surface area contributed by atoms with Crippen LogP contribution < -0.4 is 4.74 Å². The minimum absolute atomic E-state index is 0.431. The molecular weight excluding hydrogens is 398 g/mol. The quantitative estimate of drug-likeness (QED) is 0.419. The van der Waals surface area contributed by atoms with Crippen LogP contribution in [0.15, 0.2) is 54.6 Å². The van der Waals surface area contributed by atoms with Gasteiger partial charge in [-0.05, 0) is 41.2 Å². The summed E-state index contributed by atoms with van der Waals surface area (Å²) in [5, 5.41) is 28.8. The first-order chi connectivity index (χ1) is 14.7. The van der Waals surface area contributed by atoms with E-state index in [0.29, 0.717) is 17.1 Å². The van der Waals surface area contributed by atoms with E-state index < -0.39 is 40.4 Å². The lowest BCUT2D eigenvalue weighted by Crippen LogP contribution is -2.28. The summed E-state index contributed by atoms with van der Waals surface area (Å²) in [6.07, 6.45) is 0. The monoisotopic (exact) mass is 417 g/mol. The number of Topliss-reactive ketones (excluding diaryl/α,β-unsaturated/α-hetero) is 1. The van der Waals surface area contributed by atoms with Crippen molar-refractivity contribution >= 4 is 17.7 Å². The van der Waals surface area contributed by atoms with Crippen LogP contribution in [-0.4, -0.2) is 27.9 Å². The van der Waals surface area contributed by atoms with Gasteiger partial charge in [0.1, 0.15) is 16.9 Å². The smallest absolute Gasteiger partial charge is 0.385 e. The minimum atomic E-state index is -1.71. The van der Waals surface area contributed by atoms with E-state index in [2.05, 4.69) is 12.0 Å². The number of benzene rings is 2. The van der Waals surface area contributed by atoms with Crippen molar-refractivity contribution < 1.29 is 29.3 Å². The molecule has 0 amide bonds. The molecule has 0 saturated heterocycles. The van der Waals surface area contributed by atoms with Gasteiger partial charge in [0, 0.05) is 5.92 Å². The number of para-hydroxylation sites is 1. The Labute approximate surface area is 178 Å². The molecule has 0 bridgehead atoms. The van der Waals surface area contributed by atoms with Crippen LogP contribution >= 0.6 is 0 Å². The van der Waals surface area contributed by atoms with E-state index in [0.717, 1.165) is 0 Å². The number of nitrogens with zero attached hydrogens (tertiary/aromatic N) is 1. The summed E-state index contributed by atoms with van der Waals surface area (Å²) < 4.78 is 5.80. The van der Waals surface area contributed by atoms with E-state index in [4.69, 9.17) is 9.84 Å². The average Bonchev–Trinajstić information content (AvgIpc) is 3.23. The Kier molecular flexibility index (Phi) is 5.55. The van der Waals surface area contributed by atoms with E-state index in [1.807, 2.05) is 24.1 Å². The molecule has 0 heterocycles. The maximum absolute atomic E-state index is 12.4. The molecule has 156 valence electrons. The maximum Gasteiger partial charge on any atom is 0.385 e. The summed E-state index contributed by atoms with van der Waals surface area (Å²) in [4.78, 5) is 34.5. The van der Waals surface area contributed by atoms with Gasteiger partial charge in [-0.15, -0.1) is 0 Å². The summed E-state index contributed by atoms with van der Waals surface area (Å²) >= 11 is 0. The van der Waals surface area contributed by atoms with Crippen LogP contribution in [-0.2, 0) is 14.4 Å². The predicted octanol–water partition coefficient (Wildman–Crippen LogP) is 3.47. The predicted molar refractivity (Wildman–Crippen MR) is 109 cm³/mol. The number of hydrogen-bond donors (Lipinski definition) is 2. The minimum Gasteiger partial charge on any atom is -0.481 e. The lowest BCUT2D eigenvalue weighted by atomic mass is 9.78. The molecule has 0 aromatic heterocycles. The molecule has 7 nitrogen and oxygen atoms in total. The van der Waals surface area contributed by atoms with Crippen LogP contribution in [0, 0.1) is 39.9 Å². The molecule has 7 heteroatoms. The number of ether oxygens (including phenoxy) is 1. The van der Waals surface area contributed by atoms with Crippen molar-refractivity contribution in [2.45, 2.75) is 19.8 Å². The van der Waals surface area contributed by atoms with E-state index in [1.54, 1.807) is 50.2 Å². The second kappa shape index (κ2) is 7.97. The first-order valence-corrected chi connectivity index (χ1v) is 9.41. The summed E-state index contributed by atoms with van der Waals surface area (Å²) in [6.45, 7) is 3.28. The molecule has 2 aromatic rings. The molecule has 31 heavy (non-hydrogen) atoms. The van der Waals surface area contributed by atoms with E-state index >= 15 is 0 Å². The van der Waals surface area contributed by atoms with Crippen LogP contribution in [0.5, 0.6) is 11.5 Å². The molecule has 3 rings (SSSR count). The Morgan fingerprint density at radius 1 is 1.03 bits per heavy atom. The fourth-order valence-electron chi connectivity index (χ4n) is 4.16. The number of carbonyl (C=O) groups excluding carboxylic acids is 1. The highest BCUT2D eigenvalue weighted by Crippen LogP contribution is 2.74. The lowest BCUT2D eigenvalue weighted by molar-refractivity contribution is -0.146. The molecule has 3 atom stereocenters. The molecule has 1 fully saturated rings. The first kappa shape index (κ1) is 21.6.